The first-order valence-electron chi connectivity index (χ1n) is 6.69. The highest BCUT2D eigenvalue weighted by atomic mass is 16.4. The molecule has 0 aliphatic rings. The second-order valence-electron chi connectivity index (χ2n) is 4.67. The molecule has 3 heterocycles. The summed E-state index contributed by atoms with van der Waals surface area (Å²) in [5.41, 5.74) is 1.04. The van der Waals surface area contributed by atoms with Crippen LogP contribution in [0.15, 0.2) is 86.2 Å². The maximum atomic E-state index is 5.86. The van der Waals surface area contributed by atoms with Crippen LogP contribution in [0, 0.1) is 0 Å². The van der Waals surface area contributed by atoms with Gasteiger partial charge in [0.05, 0.1) is 6.26 Å². The highest BCUT2D eigenvalue weighted by Crippen LogP contribution is 2.32. The maximum Gasteiger partial charge on any atom is 0.170 e. The largest absolute Gasteiger partial charge is 0.461 e. The van der Waals surface area contributed by atoms with Crippen molar-refractivity contribution in [1.29, 1.82) is 0 Å². The summed E-state index contributed by atoms with van der Waals surface area (Å²) in [7, 11) is 0. The predicted octanol–water partition coefficient (Wildman–Crippen LogP) is 5.47. The summed E-state index contributed by atoms with van der Waals surface area (Å²) in [5, 5.41) is 0. The van der Waals surface area contributed by atoms with Crippen molar-refractivity contribution >= 4 is 0 Å². The fourth-order valence-corrected chi connectivity index (χ4v) is 2.25. The first-order valence-corrected chi connectivity index (χ1v) is 6.69. The molecule has 4 aromatic rings. The van der Waals surface area contributed by atoms with Gasteiger partial charge in [-0.15, -0.1) is 0 Å². The van der Waals surface area contributed by atoms with Gasteiger partial charge < -0.3 is 13.3 Å². The average molecular weight is 276 g/mol. The van der Waals surface area contributed by atoms with Crippen molar-refractivity contribution in [3.05, 3.63) is 73.0 Å². The van der Waals surface area contributed by atoms with Crippen molar-refractivity contribution in [2.45, 2.75) is 0 Å². The van der Waals surface area contributed by atoms with Crippen LogP contribution in [0.2, 0.25) is 0 Å². The predicted molar refractivity (Wildman–Crippen MR) is 79.5 cm³/mol. The molecule has 3 aromatic heterocycles. The minimum atomic E-state index is 0.684. The Morgan fingerprint density at radius 3 is 1.76 bits per heavy atom. The number of furan rings is 3. The van der Waals surface area contributed by atoms with Crippen LogP contribution < -0.4 is 0 Å². The van der Waals surface area contributed by atoms with Crippen molar-refractivity contribution in [3.63, 3.8) is 0 Å². The van der Waals surface area contributed by atoms with Crippen LogP contribution in [-0.2, 0) is 0 Å². The first kappa shape index (κ1) is 11.9. The molecule has 0 amide bonds. The van der Waals surface area contributed by atoms with Crippen molar-refractivity contribution in [1.82, 2.24) is 0 Å². The lowest BCUT2D eigenvalue weighted by Gasteiger charge is -1.95. The molecule has 3 heteroatoms. The lowest BCUT2D eigenvalue weighted by Crippen LogP contribution is -1.70. The third-order valence-electron chi connectivity index (χ3n) is 3.28. The zero-order valence-corrected chi connectivity index (χ0v) is 11.2. The van der Waals surface area contributed by atoms with E-state index >= 15 is 0 Å². The fraction of sp³-hybridized carbons (Fsp3) is 0. The van der Waals surface area contributed by atoms with Crippen LogP contribution in [0.4, 0.5) is 0 Å². The van der Waals surface area contributed by atoms with Crippen LogP contribution in [0.1, 0.15) is 0 Å². The van der Waals surface area contributed by atoms with E-state index in [4.69, 9.17) is 13.3 Å². The minimum absolute atomic E-state index is 0.684. The average Bonchev–Trinajstić information content (AvgIpc) is 3.27. The Morgan fingerprint density at radius 1 is 0.476 bits per heavy atom. The quantitative estimate of drug-likeness (QED) is 0.498. The van der Waals surface area contributed by atoms with Crippen LogP contribution in [0.25, 0.3) is 34.4 Å². The van der Waals surface area contributed by atoms with E-state index < -0.39 is 0 Å². The van der Waals surface area contributed by atoms with Crippen LogP contribution in [0.5, 0.6) is 0 Å². The number of benzene rings is 1. The van der Waals surface area contributed by atoms with E-state index in [0.29, 0.717) is 23.0 Å². The second-order valence-corrected chi connectivity index (χ2v) is 4.67. The van der Waals surface area contributed by atoms with Gasteiger partial charge >= 0.3 is 0 Å². The highest BCUT2D eigenvalue weighted by Gasteiger charge is 2.12. The molecule has 0 radical (unpaired) electrons. The van der Waals surface area contributed by atoms with E-state index in [2.05, 4.69) is 0 Å². The Bertz CT molecular complexity index is 836. The molecule has 0 N–H and O–H groups in total. The lowest BCUT2D eigenvalue weighted by molar-refractivity contribution is 0.512. The van der Waals surface area contributed by atoms with Gasteiger partial charge in [0.2, 0.25) is 0 Å². The molecular weight excluding hydrogens is 264 g/mol. The molecule has 0 aliphatic carbocycles. The zero-order valence-electron chi connectivity index (χ0n) is 11.2. The summed E-state index contributed by atoms with van der Waals surface area (Å²) in [4.78, 5) is 0. The summed E-state index contributed by atoms with van der Waals surface area (Å²) in [6.45, 7) is 0. The van der Waals surface area contributed by atoms with Crippen molar-refractivity contribution < 1.29 is 13.3 Å². The molecule has 0 bridgehead atoms. The molecule has 102 valence electrons. The van der Waals surface area contributed by atoms with Gasteiger partial charge in [0.15, 0.2) is 23.0 Å². The molecule has 21 heavy (non-hydrogen) atoms. The summed E-state index contributed by atoms with van der Waals surface area (Å²) in [6.07, 6.45) is 1.62. The summed E-state index contributed by atoms with van der Waals surface area (Å²) >= 11 is 0. The third-order valence-corrected chi connectivity index (χ3v) is 3.28. The van der Waals surface area contributed by atoms with E-state index in [1.165, 1.54) is 0 Å². The Morgan fingerprint density at radius 2 is 1.10 bits per heavy atom. The van der Waals surface area contributed by atoms with Crippen molar-refractivity contribution in [3.8, 4) is 34.4 Å². The van der Waals surface area contributed by atoms with Gasteiger partial charge in [0, 0.05) is 5.56 Å². The number of rotatable bonds is 3. The van der Waals surface area contributed by atoms with Crippen molar-refractivity contribution in [2.24, 2.45) is 0 Å². The number of hydrogen-bond acceptors (Lipinski definition) is 3. The van der Waals surface area contributed by atoms with Gasteiger partial charge in [-0.05, 0) is 36.4 Å². The topological polar surface area (TPSA) is 39.4 Å². The maximum absolute atomic E-state index is 5.86. The standard InChI is InChI=1S/C18H12O3/c1-2-5-13(6-3-1)14-8-9-17(20-14)18-11-10-16(21-18)15-7-4-12-19-15/h1-12H. The Balaban J connectivity index is 1.67. The SMILES string of the molecule is c1ccc(-c2ccc(-c3ccc(-c4ccco4)o3)o2)cc1. The van der Waals surface area contributed by atoms with Gasteiger partial charge in [-0.1, -0.05) is 30.3 Å². The first-order chi connectivity index (χ1) is 10.4. The Labute approximate surface area is 121 Å². The van der Waals surface area contributed by atoms with Crippen molar-refractivity contribution in [2.75, 3.05) is 0 Å². The molecule has 3 nitrogen and oxygen atoms in total. The van der Waals surface area contributed by atoms with Crippen LogP contribution >= 0.6 is 0 Å². The fourth-order valence-electron chi connectivity index (χ4n) is 2.25. The van der Waals surface area contributed by atoms with E-state index in [-0.39, 0.29) is 0 Å². The highest BCUT2D eigenvalue weighted by molar-refractivity contribution is 5.64. The smallest absolute Gasteiger partial charge is 0.170 e. The monoisotopic (exact) mass is 276 g/mol. The van der Waals surface area contributed by atoms with Crippen LogP contribution in [0.3, 0.4) is 0 Å². The molecular formula is C18H12O3. The van der Waals surface area contributed by atoms with Gasteiger partial charge in [-0.2, -0.15) is 0 Å². The molecule has 0 atom stereocenters. The number of hydrogen-bond donors (Lipinski definition) is 0. The normalized spacial score (nSPS) is 10.9. The molecule has 0 fully saturated rings. The van der Waals surface area contributed by atoms with E-state index in [1.807, 2.05) is 66.7 Å². The summed E-state index contributed by atoms with van der Waals surface area (Å²) < 4.78 is 17.0. The molecule has 0 saturated carbocycles. The van der Waals surface area contributed by atoms with Gasteiger partial charge in [-0.3, -0.25) is 0 Å². The van der Waals surface area contributed by atoms with Gasteiger partial charge in [0.25, 0.3) is 0 Å². The molecule has 4 rings (SSSR count). The molecule has 0 spiro atoms. The van der Waals surface area contributed by atoms with Crippen LogP contribution in [-0.4, -0.2) is 0 Å². The summed E-state index contributed by atoms with van der Waals surface area (Å²) in [5.74, 6) is 3.60. The van der Waals surface area contributed by atoms with E-state index in [9.17, 15) is 0 Å². The minimum Gasteiger partial charge on any atom is -0.461 e. The lowest BCUT2D eigenvalue weighted by atomic mass is 10.2. The molecule has 0 aliphatic heterocycles. The third kappa shape index (κ3) is 2.19. The molecule has 1 aromatic carbocycles. The van der Waals surface area contributed by atoms with Gasteiger partial charge in [-0.25, -0.2) is 0 Å². The van der Waals surface area contributed by atoms with E-state index in [0.717, 1.165) is 11.3 Å². The Hall–Kier alpha value is -2.94. The zero-order chi connectivity index (χ0) is 14.1. The Kier molecular flexibility index (Phi) is 2.75. The summed E-state index contributed by atoms with van der Waals surface area (Å²) in [6, 6.07) is 21.3. The molecule has 0 saturated heterocycles. The van der Waals surface area contributed by atoms with E-state index in [1.54, 1.807) is 6.26 Å². The van der Waals surface area contributed by atoms with Gasteiger partial charge in [0.1, 0.15) is 5.76 Å². The molecule has 0 unspecified atom stereocenters. The second kappa shape index (κ2) is 4.87.